The molecule has 148 valence electrons. The second-order valence-electron chi connectivity index (χ2n) is 7.35. The summed E-state index contributed by atoms with van der Waals surface area (Å²) in [7, 11) is 1.59. The number of piperidine rings is 1. The zero-order chi connectivity index (χ0) is 19.9. The summed E-state index contributed by atoms with van der Waals surface area (Å²) in [5, 5.41) is 3.12. The Kier molecular flexibility index (Phi) is 6.69. The summed E-state index contributed by atoms with van der Waals surface area (Å²) in [5.41, 5.74) is 3.04. The van der Waals surface area contributed by atoms with Crippen LogP contribution in [-0.4, -0.2) is 43.0 Å². The zero-order valence-corrected chi connectivity index (χ0v) is 16.6. The van der Waals surface area contributed by atoms with Gasteiger partial charge in [0.15, 0.2) is 0 Å². The van der Waals surface area contributed by atoms with Crippen LogP contribution in [0.3, 0.4) is 0 Å². The van der Waals surface area contributed by atoms with Gasteiger partial charge in [-0.3, -0.25) is 9.59 Å². The number of nitrogens with one attached hydrogen (secondary N) is 1. The van der Waals surface area contributed by atoms with E-state index in [1.54, 1.807) is 13.2 Å². The van der Waals surface area contributed by atoms with E-state index < -0.39 is 0 Å². The second kappa shape index (κ2) is 9.40. The fourth-order valence-corrected chi connectivity index (χ4v) is 3.48. The molecule has 1 fully saturated rings. The van der Waals surface area contributed by atoms with Crippen LogP contribution < -0.4 is 10.1 Å². The minimum Gasteiger partial charge on any atom is -0.497 e. The summed E-state index contributed by atoms with van der Waals surface area (Å²) >= 11 is 0. The maximum absolute atomic E-state index is 12.7. The lowest BCUT2D eigenvalue weighted by Crippen LogP contribution is -2.46. The maximum atomic E-state index is 12.7. The standard InChI is InChI=1S/C23H28N2O3/c1-17-6-8-18(9-7-17)10-11-22(26)24-20-12-14-25(15-13-20)23(27)19-4-3-5-21(16-19)28-2/h3-9,16,20H,10-15H2,1-2H3,(H,24,26). The van der Waals surface area contributed by atoms with Crippen LogP contribution >= 0.6 is 0 Å². The summed E-state index contributed by atoms with van der Waals surface area (Å²) in [6.07, 6.45) is 2.81. The highest BCUT2D eigenvalue weighted by Gasteiger charge is 2.24. The second-order valence-corrected chi connectivity index (χ2v) is 7.35. The third-order valence-corrected chi connectivity index (χ3v) is 5.23. The number of hydrogen-bond donors (Lipinski definition) is 1. The summed E-state index contributed by atoms with van der Waals surface area (Å²) < 4.78 is 5.20. The zero-order valence-electron chi connectivity index (χ0n) is 16.6. The van der Waals surface area contributed by atoms with Crippen LogP contribution in [0.25, 0.3) is 0 Å². The normalized spacial score (nSPS) is 14.6. The molecule has 1 aliphatic rings. The SMILES string of the molecule is COc1cccc(C(=O)N2CCC(NC(=O)CCc3ccc(C)cc3)CC2)c1. The fraction of sp³-hybridized carbons (Fsp3) is 0.391. The molecule has 1 heterocycles. The van der Waals surface area contributed by atoms with Crippen molar-refractivity contribution in [3.05, 3.63) is 65.2 Å². The Balaban J connectivity index is 1.43. The van der Waals surface area contributed by atoms with Crippen molar-refractivity contribution in [2.75, 3.05) is 20.2 Å². The monoisotopic (exact) mass is 380 g/mol. The quantitative estimate of drug-likeness (QED) is 0.836. The molecule has 0 spiro atoms. The number of ether oxygens (including phenoxy) is 1. The molecule has 1 saturated heterocycles. The topological polar surface area (TPSA) is 58.6 Å². The maximum Gasteiger partial charge on any atom is 0.253 e. The number of carbonyl (C=O) groups excluding carboxylic acids is 2. The van der Waals surface area contributed by atoms with Crippen molar-refractivity contribution in [3.8, 4) is 5.75 Å². The van der Waals surface area contributed by atoms with Crippen LogP contribution in [-0.2, 0) is 11.2 Å². The third kappa shape index (κ3) is 5.35. The van der Waals surface area contributed by atoms with Crippen molar-refractivity contribution >= 4 is 11.8 Å². The lowest BCUT2D eigenvalue weighted by atomic mass is 10.0. The molecule has 5 nitrogen and oxygen atoms in total. The number of benzene rings is 2. The minimum absolute atomic E-state index is 0.0167. The van der Waals surface area contributed by atoms with Gasteiger partial charge in [-0.2, -0.15) is 0 Å². The lowest BCUT2D eigenvalue weighted by molar-refractivity contribution is -0.122. The van der Waals surface area contributed by atoms with Crippen molar-refractivity contribution in [1.82, 2.24) is 10.2 Å². The van der Waals surface area contributed by atoms with Gasteiger partial charge in [0, 0.05) is 31.1 Å². The van der Waals surface area contributed by atoms with Crippen molar-refractivity contribution in [3.63, 3.8) is 0 Å². The van der Waals surface area contributed by atoms with Gasteiger partial charge in [0.2, 0.25) is 5.91 Å². The van der Waals surface area contributed by atoms with Gasteiger partial charge in [-0.25, -0.2) is 0 Å². The van der Waals surface area contributed by atoms with Crippen molar-refractivity contribution in [1.29, 1.82) is 0 Å². The van der Waals surface area contributed by atoms with Crippen LogP contribution in [0.15, 0.2) is 48.5 Å². The predicted octanol–water partition coefficient (Wildman–Crippen LogP) is 3.36. The van der Waals surface area contributed by atoms with Crippen LogP contribution in [0.1, 0.15) is 40.7 Å². The van der Waals surface area contributed by atoms with Crippen LogP contribution in [0, 0.1) is 6.92 Å². The highest BCUT2D eigenvalue weighted by molar-refractivity contribution is 5.94. The molecule has 0 aromatic heterocycles. The van der Waals surface area contributed by atoms with E-state index in [1.165, 1.54) is 11.1 Å². The minimum atomic E-state index is 0.0167. The van der Waals surface area contributed by atoms with Crippen molar-refractivity contribution < 1.29 is 14.3 Å². The number of likely N-dealkylation sites (tertiary alicyclic amines) is 1. The predicted molar refractivity (Wildman–Crippen MR) is 110 cm³/mol. The van der Waals surface area contributed by atoms with E-state index in [9.17, 15) is 9.59 Å². The number of hydrogen-bond acceptors (Lipinski definition) is 3. The number of carbonyl (C=O) groups is 2. The Labute approximate surface area is 166 Å². The number of aryl methyl sites for hydroxylation is 2. The number of rotatable bonds is 6. The van der Waals surface area contributed by atoms with Crippen molar-refractivity contribution in [2.24, 2.45) is 0 Å². The lowest BCUT2D eigenvalue weighted by Gasteiger charge is -2.32. The average molecular weight is 380 g/mol. The van der Waals surface area contributed by atoms with Crippen LogP contribution in [0.5, 0.6) is 5.75 Å². The van der Waals surface area contributed by atoms with E-state index >= 15 is 0 Å². The molecule has 28 heavy (non-hydrogen) atoms. The third-order valence-electron chi connectivity index (χ3n) is 5.23. The number of methoxy groups -OCH3 is 1. The Morgan fingerprint density at radius 3 is 2.50 bits per heavy atom. The van der Waals surface area contributed by atoms with Gasteiger partial charge >= 0.3 is 0 Å². The Morgan fingerprint density at radius 2 is 1.82 bits per heavy atom. The van der Waals surface area contributed by atoms with E-state index in [1.807, 2.05) is 23.1 Å². The molecule has 0 saturated carbocycles. The summed E-state index contributed by atoms with van der Waals surface area (Å²) in [6, 6.07) is 15.7. The van der Waals surface area contributed by atoms with Gasteiger partial charge in [-0.1, -0.05) is 35.9 Å². The van der Waals surface area contributed by atoms with Gasteiger partial charge in [-0.15, -0.1) is 0 Å². The molecule has 0 aliphatic carbocycles. The fourth-order valence-electron chi connectivity index (χ4n) is 3.48. The Bertz CT molecular complexity index is 809. The van der Waals surface area contributed by atoms with Gasteiger partial charge in [0.25, 0.3) is 5.91 Å². The first-order chi connectivity index (χ1) is 13.5. The summed E-state index contributed by atoms with van der Waals surface area (Å²) in [4.78, 5) is 26.8. The summed E-state index contributed by atoms with van der Waals surface area (Å²) in [6.45, 7) is 3.36. The number of nitrogens with zero attached hydrogens (tertiary/aromatic N) is 1. The van der Waals surface area contributed by atoms with Gasteiger partial charge in [0.1, 0.15) is 5.75 Å². The first kappa shape index (κ1) is 19.9. The molecule has 3 rings (SSSR count). The first-order valence-electron chi connectivity index (χ1n) is 9.83. The molecule has 5 heteroatoms. The van der Waals surface area contributed by atoms with E-state index in [2.05, 4.69) is 36.5 Å². The first-order valence-corrected chi connectivity index (χ1v) is 9.83. The molecular weight excluding hydrogens is 352 g/mol. The Morgan fingerprint density at radius 1 is 1.11 bits per heavy atom. The van der Waals surface area contributed by atoms with Crippen LogP contribution in [0.2, 0.25) is 0 Å². The Hall–Kier alpha value is -2.82. The molecule has 0 radical (unpaired) electrons. The van der Waals surface area contributed by atoms with Crippen LogP contribution in [0.4, 0.5) is 0 Å². The molecule has 0 bridgehead atoms. The molecular formula is C23H28N2O3. The van der Waals surface area contributed by atoms with Gasteiger partial charge < -0.3 is 15.0 Å². The average Bonchev–Trinajstić information content (AvgIpc) is 2.73. The molecule has 2 aromatic rings. The molecule has 0 unspecified atom stereocenters. The molecule has 1 aliphatic heterocycles. The van der Waals surface area contributed by atoms with Crippen molar-refractivity contribution in [2.45, 2.75) is 38.6 Å². The molecule has 2 amide bonds. The molecule has 2 aromatic carbocycles. The van der Waals surface area contributed by atoms with E-state index in [-0.39, 0.29) is 17.9 Å². The largest absolute Gasteiger partial charge is 0.497 e. The van der Waals surface area contributed by atoms with E-state index in [0.29, 0.717) is 30.8 Å². The highest BCUT2D eigenvalue weighted by Crippen LogP contribution is 2.18. The molecule has 0 atom stereocenters. The van der Waals surface area contributed by atoms with E-state index in [0.717, 1.165) is 19.3 Å². The molecule has 1 N–H and O–H groups in total. The number of amides is 2. The van der Waals surface area contributed by atoms with E-state index in [4.69, 9.17) is 4.74 Å². The van der Waals surface area contributed by atoms with Gasteiger partial charge in [0.05, 0.1) is 7.11 Å². The summed E-state index contributed by atoms with van der Waals surface area (Å²) in [5.74, 6) is 0.780. The smallest absolute Gasteiger partial charge is 0.253 e. The van der Waals surface area contributed by atoms with Gasteiger partial charge in [-0.05, 0) is 49.9 Å². The highest BCUT2D eigenvalue weighted by atomic mass is 16.5.